The minimum absolute atomic E-state index is 0.107. The molecule has 1 N–H and O–H groups in total. The average Bonchev–Trinajstić information content (AvgIpc) is 2.63. The van der Waals surface area contributed by atoms with Crippen molar-refractivity contribution in [2.75, 3.05) is 26.2 Å². The molecule has 0 amide bonds. The number of hydrogen-bond acceptors (Lipinski definition) is 4. The maximum atomic E-state index is 12.3. The molecule has 1 saturated heterocycles. The van der Waals surface area contributed by atoms with Gasteiger partial charge in [0.05, 0.1) is 17.4 Å². The molecule has 0 radical (unpaired) electrons. The van der Waals surface area contributed by atoms with Crippen LogP contribution in [-0.2, 0) is 13.1 Å². The highest BCUT2D eigenvalue weighted by molar-refractivity contribution is 6.31. The lowest BCUT2D eigenvalue weighted by molar-refractivity contribution is 0.120. The summed E-state index contributed by atoms with van der Waals surface area (Å²) >= 11 is 6.04. The molecule has 4 rings (SSSR count). The van der Waals surface area contributed by atoms with Crippen LogP contribution in [-0.4, -0.2) is 45.9 Å². The van der Waals surface area contributed by atoms with Crippen molar-refractivity contribution in [3.8, 4) is 0 Å². The summed E-state index contributed by atoms with van der Waals surface area (Å²) < 4.78 is 0. The second kappa shape index (κ2) is 7.80. The fourth-order valence-corrected chi connectivity index (χ4v) is 3.79. The number of fused-ring (bicyclic) bond motifs is 1. The zero-order chi connectivity index (χ0) is 18.8. The summed E-state index contributed by atoms with van der Waals surface area (Å²) in [5.41, 5.74) is 3.21. The molecule has 0 aliphatic carbocycles. The van der Waals surface area contributed by atoms with Gasteiger partial charge >= 0.3 is 0 Å². The number of nitrogens with zero attached hydrogens (tertiary/aromatic N) is 3. The Hall–Kier alpha value is -2.21. The zero-order valence-electron chi connectivity index (χ0n) is 15.4. The summed E-state index contributed by atoms with van der Waals surface area (Å²) in [5, 5.41) is 1.17. The number of nitrogens with one attached hydrogen (secondary N) is 1. The van der Waals surface area contributed by atoms with E-state index >= 15 is 0 Å². The van der Waals surface area contributed by atoms with Crippen LogP contribution < -0.4 is 5.56 Å². The monoisotopic (exact) mass is 382 g/mol. The van der Waals surface area contributed by atoms with Gasteiger partial charge < -0.3 is 4.98 Å². The van der Waals surface area contributed by atoms with E-state index in [1.807, 2.05) is 0 Å². The van der Waals surface area contributed by atoms with Gasteiger partial charge in [-0.3, -0.25) is 14.6 Å². The Balaban J connectivity index is 1.39. The Morgan fingerprint density at radius 1 is 1.04 bits per heavy atom. The van der Waals surface area contributed by atoms with Crippen LogP contribution in [0.2, 0.25) is 5.02 Å². The molecule has 6 heteroatoms. The highest BCUT2D eigenvalue weighted by atomic mass is 35.5. The highest BCUT2D eigenvalue weighted by Gasteiger charge is 2.18. The van der Waals surface area contributed by atoms with Crippen molar-refractivity contribution in [2.45, 2.75) is 20.0 Å². The quantitative estimate of drug-likeness (QED) is 0.752. The molecule has 0 unspecified atom stereocenters. The van der Waals surface area contributed by atoms with Crippen molar-refractivity contribution in [2.24, 2.45) is 0 Å². The summed E-state index contributed by atoms with van der Waals surface area (Å²) in [7, 11) is 0. The van der Waals surface area contributed by atoms with Crippen molar-refractivity contribution in [3.05, 3.63) is 74.8 Å². The molecular formula is C21H23ClN4O. The molecule has 140 valence electrons. The maximum absolute atomic E-state index is 12.3. The minimum atomic E-state index is -0.107. The number of piperazine rings is 1. The molecule has 5 nitrogen and oxygen atoms in total. The molecule has 2 heterocycles. The first kappa shape index (κ1) is 18.2. The molecular weight excluding hydrogens is 360 g/mol. The van der Waals surface area contributed by atoms with E-state index < -0.39 is 0 Å². The second-order valence-corrected chi connectivity index (χ2v) is 7.65. The molecule has 1 aliphatic rings. The first-order valence-corrected chi connectivity index (χ1v) is 9.63. The summed E-state index contributed by atoms with van der Waals surface area (Å²) in [6, 6.07) is 13.9. The molecule has 0 saturated carbocycles. The first-order valence-electron chi connectivity index (χ1n) is 9.25. The van der Waals surface area contributed by atoms with E-state index in [2.05, 4.69) is 51.0 Å². The Morgan fingerprint density at radius 2 is 1.78 bits per heavy atom. The van der Waals surface area contributed by atoms with Crippen LogP contribution in [0.1, 0.15) is 17.0 Å². The number of benzene rings is 2. The Morgan fingerprint density at radius 3 is 2.52 bits per heavy atom. The number of rotatable bonds is 4. The lowest BCUT2D eigenvalue weighted by atomic mass is 10.1. The van der Waals surface area contributed by atoms with Gasteiger partial charge in [-0.1, -0.05) is 41.4 Å². The van der Waals surface area contributed by atoms with Crippen LogP contribution in [0.25, 0.3) is 10.9 Å². The van der Waals surface area contributed by atoms with E-state index in [1.54, 1.807) is 18.2 Å². The normalized spacial score (nSPS) is 16.1. The largest absolute Gasteiger partial charge is 0.309 e. The lowest BCUT2D eigenvalue weighted by Crippen LogP contribution is -2.45. The fourth-order valence-electron chi connectivity index (χ4n) is 3.62. The van der Waals surface area contributed by atoms with Crippen LogP contribution in [0.4, 0.5) is 0 Å². The van der Waals surface area contributed by atoms with Crippen LogP contribution in [0.5, 0.6) is 0 Å². The van der Waals surface area contributed by atoms with Crippen molar-refractivity contribution in [3.63, 3.8) is 0 Å². The molecule has 3 aromatic rings. The van der Waals surface area contributed by atoms with E-state index in [-0.39, 0.29) is 5.56 Å². The van der Waals surface area contributed by atoms with Gasteiger partial charge in [0.2, 0.25) is 0 Å². The Labute approximate surface area is 163 Å². The van der Waals surface area contributed by atoms with E-state index in [1.165, 1.54) is 11.1 Å². The van der Waals surface area contributed by atoms with Gasteiger partial charge in [0.1, 0.15) is 5.82 Å². The van der Waals surface area contributed by atoms with Crippen molar-refractivity contribution in [1.29, 1.82) is 0 Å². The number of aromatic nitrogens is 2. The standard InChI is InChI=1S/C21H23ClN4O/c1-15-3-2-4-16(11-15)13-25-7-9-26(10-8-25)14-20-23-19-12-17(22)5-6-18(19)21(27)24-20/h2-6,11-12H,7-10,13-14H2,1H3,(H,23,24,27). The van der Waals surface area contributed by atoms with E-state index in [9.17, 15) is 4.79 Å². The highest BCUT2D eigenvalue weighted by Crippen LogP contribution is 2.16. The third-order valence-corrected chi connectivity index (χ3v) is 5.28. The number of hydrogen-bond donors (Lipinski definition) is 1. The van der Waals surface area contributed by atoms with Gasteiger partial charge in [-0.05, 0) is 30.7 Å². The predicted molar refractivity (Wildman–Crippen MR) is 109 cm³/mol. The summed E-state index contributed by atoms with van der Waals surface area (Å²) in [6.07, 6.45) is 0. The van der Waals surface area contributed by atoms with Crippen LogP contribution in [0.3, 0.4) is 0 Å². The number of aryl methyl sites for hydroxylation is 1. The molecule has 2 aromatic carbocycles. The van der Waals surface area contributed by atoms with Crippen LogP contribution in [0, 0.1) is 6.92 Å². The van der Waals surface area contributed by atoms with Crippen molar-refractivity contribution in [1.82, 2.24) is 19.8 Å². The number of aromatic amines is 1. The first-order chi connectivity index (χ1) is 13.1. The van der Waals surface area contributed by atoms with Crippen molar-refractivity contribution < 1.29 is 0 Å². The third-order valence-electron chi connectivity index (χ3n) is 5.04. The zero-order valence-corrected chi connectivity index (χ0v) is 16.2. The molecule has 27 heavy (non-hydrogen) atoms. The molecule has 1 aliphatic heterocycles. The smallest absolute Gasteiger partial charge is 0.258 e. The van der Waals surface area contributed by atoms with Gasteiger partial charge in [-0.25, -0.2) is 4.98 Å². The van der Waals surface area contributed by atoms with Gasteiger partial charge in [-0.15, -0.1) is 0 Å². The van der Waals surface area contributed by atoms with Crippen LogP contribution in [0.15, 0.2) is 47.3 Å². The topological polar surface area (TPSA) is 52.2 Å². The molecule has 1 fully saturated rings. The predicted octanol–water partition coefficient (Wildman–Crippen LogP) is 3.20. The number of halogens is 1. The van der Waals surface area contributed by atoms with E-state index in [0.29, 0.717) is 28.3 Å². The summed E-state index contributed by atoms with van der Waals surface area (Å²) in [6.45, 7) is 7.71. The average molecular weight is 383 g/mol. The van der Waals surface area contributed by atoms with Gasteiger partial charge in [0.25, 0.3) is 5.56 Å². The molecule has 0 atom stereocenters. The van der Waals surface area contributed by atoms with Gasteiger partial charge in [0, 0.05) is 37.7 Å². The molecule has 0 spiro atoms. The second-order valence-electron chi connectivity index (χ2n) is 7.22. The third kappa shape index (κ3) is 4.38. The van der Waals surface area contributed by atoms with Gasteiger partial charge in [-0.2, -0.15) is 0 Å². The Kier molecular flexibility index (Phi) is 5.25. The van der Waals surface area contributed by atoms with E-state index in [4.69, 9.17) is 11.6 Å². The Bertz CT molecular complexity index is 1010. The lowest BCUT2D eigenvalue weighted by Gasteiger charge is -2.34. The number of H-pyrrole nitrogens is 1. The SMILES string of the molecule is Cc1cccc(CN2CCN(Cc3nc4cc(Cl)ccc4c(=O)[nH]3)CC2)c1. The van der Waals surface area contributed by atoms with Gasteiger partial charge in [0.15, 0.2) is 0 Å². The van der Waals surface area contributed by atoms with Crippen LogP contribution >= 0.6 is 11.6 Å². The van der Waals surface area contributed by atoms with Crippen molar-refractivity contribution >= 4 is 22.5 Å². The summed E-state index contributed by atoms with van der Waals surface area (Å²) in [4.78, 5) is 24.6. The maximum Gasteiger partial charge on any atom is 0.258 e. The fraction of sp³-hybridized carbons (Fsp3) is 0.333. The molecule has 0 bridgehead atoms. The molecule has 1 aromatic heterocycles. The van der Waals surface area contributed by atoms with E-state index in [0.717, 1.165) is 32.7 Å². The summed E-state index contributed by atoms with van der Waals surface area (Å²) in [5.74, 6) is 0.696. The minimum Gasteiger partial charge on any atom is -0.309 e.